The molecule has 0 bridgehead atoms. The van der Waals surface area contributed by atoms with Crippen LogP contribution in [0.15, 0.2) is 11.3 Å². The minimum Gasteiger partial charge on any atom is -0.494 e. The van der Waals surface area contributed by atoms with Crippen molar-refractivity contribution in [2.45, 2.75) is 30.6 Å². The molecule has 0 aromatic rings. The highest BCUT2D eigenvalue weighted by molar-refractivity contribution is 5.92. The molecule has 122 valence electrons. The molecule has 0 saturated carbocycles. The maximum Gasteiger partial charge on any atom is 0.386 e. The first-order valence-electron chi connectivity index (χ1n) is 5.28. The first-order valence-corrected chi connectivity index (χ1v) is 5.28. The SMILES string of the molecule is CCOC(=O)C1=C(OC)C(F)(F)C(F)(F)C(F)(F)C1(F)F. The van der Waals surface area contributed by atoms with E-state index in [0.29, 0.717) is 0 Å². The number of carbonyl (C=O) groups excluding carboxylic acids is 1. The quantitative estimate of drug-likeness (QED) is 0.590. The molecule has 0 atom stereocenters. The molecule has 0 fully saturated rings. The van der Waals surface area contributed by atoms with Gasteiger partial charge in [0, 0.05) is 0 Å². The summed E-state index contributed by atoms with van der Waals surface area (Å²) in [6.45, 7) is 0.430. The molecule has 0 unspecified atom stereocenters. The van der Waals surface area contributed by atoms with E-state index in [0.717, 1.165) is 6.92 Å². The molecule has 0 amide bonds. The van der Waals surface area contributed by atoms with Gasteiger partial charge in [-0.25, -0.2) is 4.79 Å². The molecule has 0 aromatic heterocycles. The summed E-state index contributed by atoms with van der Waals surface area (Å²) >= 11 is 0. The minimum atomic E-state index is -6.52. The van der Waals surface area contributed by atoms with E-state index in [-0.39, 0.29) is 7.11 Å². The molecular formula is C10H8F8O3. The lowest BCUT2D eigenvalue weighted by molar-refractivity contribution is -0.365. The Bertz CT molecular complexity index is 483. The van der Waals surface area contributed by atoms with E-state index in [4.69, 9.17) is 0 Å². The van der Waals surface area contributed by atoms with E-state index < -0.39 is 47.6 Å². The standard InChI is InChI=1S/C10H8F8O3/c1-3-21-6(19)4-5(20-2)8(13,14)10(17,18)9(15,16)7(4,11)12/h3H2,1-2H3. The Morgan fingerprint density at radius 2 is 1.38 bits per heavy atom. The molecular weight excluding hydrogens is 320 g/mol. The van der Waals surface area contributed by atoms with Gasteiger partial charge in [0.15, 0.2) is 11.3 Å². The maximum atomic E-state index is 13.5. The summed E-state index contributed by atoms with van der Waals surface area (Å²) in [5.41, 5.74) is -2.63. The number of hydrogen-bond donors (Lipinski definition) is 0. The van der Waals surface area contributed by atoms with Gasteiger partial charge < -0.3 is 9.47 Å². The molecule has 3 nitrogen and oxygen atoms in total. The maximum absolute atomic E-state index is 13.5. The van der Waals surface area contributed by atoms with Crippen LogP contribution in [0.25, 0.3) is 0 Å². The topological polar surface area (TPSA) is 35.5 Å². The van der Waals surface area contributed by atoms with Crippen LogP contribution in [0.3, 0.4) is 0 Å². The highest BCUT2D eigenvalue weighted by Crippen LogP contribution is 2.61. The van der Waals surface area contributed by atoms with Crippen molar-refractivity contribution in [2.75, 3.05) is 13.7 Å². The Morgan fingerprint density at radius 3 is 1.76 bits per heavy atom. The van der Waals surface area contributed by atoms with E-state index in [1.165, 1.54) is 0 Å². The van der Waals surface area contributed by atoms with Crippen molar-refractivity contribution < 1.29 is 49.4 Å². The summed E-state index contributed by atoms with van der Waals surface area (Å²) in [4.78, 5) is 11.2. The Balaban J connectivity index is 3.76. The highest BCUT2D eigenvalue weighted by atomic mass is 19.4. The second-order valence-electron chi connectivity index (χ2n) is 3.93. The predicted molar refractivity (Wildman–Crippen MR) is 50.5 cm³/mol. The van der Waals surface area contributed by atoms with Crippen molar-refractivity contribution in [3.63, 3.8) is 0 Å². The molecule has 1 aliphatic rings. The molecule has 1 rings (SSSR count). The Hall–Kier alpha value is -1.55. The second kappa shape index (κ2) is 4.73. The number of rotatable bonds is 3. The Morgan fingerprint density at radius 1 is 0.952 bits per heavy atom. The largest absolute Gasteiger partial charge is 0.494 e. The van der Waals surface area contributed by atoms with Crippen LogP contribution >= 0.6 is 0 Å². The molecule has 0 heterocycles. The third-order valence-electron chi connectivity index (χ3n) is 2.69. The zero-order valence-corrected chi connectivity index (χ0v) is 10.5. The highest BCUT2D eigenvalue weighted by Gasteiger charge is 2.87. The number of alkyl halides is 8. The van der Waals surface area contributed by atoms with Crippen LogP contribution in [-0.4, -0.2) is 43.4 Å². The van der Waals surface area contributed by atoms with E-state index >= 15 is 0 Å². The van der Waals surface area contributed by atoms with Crippen LogP contribution in [0.4, 0.5) is 35.1 Å². The third-order valence-corrected chi connectivity index (χ3v) is 2.69. The van der Waals surface area contributed by atoms with Gasteiger partial charge in [0.05, 0.1) is 13.7 Å². The van der Waals surface area contributed by atoms with E-state index in [1.54, 1.807) is 0 Å². The minimum absolute atomic E-state index is 0.262. The van der Waals surface area contributed by atoms with Gasteiger partial charge in [0.2, 0.25) is 0 Å². The van der Waals surface area contributed by atoms with Crippen LogP contribution in [0.5, 0.6) is 0 Å². The van der Waals surface area contributed by atoms with Gasteiger partial charge >= 0.3 is 29.7 Å². The van der Waals surface area contributed by atoms with Gasteiger partial charge in [0.25, 0.3) is 0 Å². The van der Waals surface area contributed by atoms with Gasteiger partial charge in [-0.05, 0) is 6.92 Å². The number of halogens is 8. The molecule has 0 radical (unpaired) electrons. The number of allylic oxidation sites excluding steroid dienone is 1. The van der Waals surface area contributed by atoms with Gasteiger partial charge in [-0.1, -0.05) is 0 Å². The van der Waals surface area contributed by atoms with Gasteiger partial charge in [-0.2, -0.15) is 35.1 Å². The molecule has 0 N–H and O–H groups in total. The lowest BCUT2D eigenvalue weighted by Crippen LogP contribution is -2.68. The Kier molecular flexibility index (Phi) is 3.95. The smallest absolute Gasteiger partial charge is 0.386 e. The zero-order chi connectivity index (χ0) is 16.9. The molecule has 1 aliphatic carbocycles. The molecule has 0 saturated heterocycles. The summed E-state index contributed by atoms with van der Waals surface area (Å²) < 4.78 is 114. The lowest BCUT2D eigenvalue weighted by Gasteiger charge is -2.42. The summed E-state index contributed by atoms with van der Waals surface area (Å²) in [6, 6.07) is 0. The average Bonchev–Trinajstić information content (AvgIpc) is 2.33. The molecule has 0 spiro atoms. The molecule has 0 aliphatic heterocycles. The average molecular weight is 328 g/mol. The number of methoxy groups -OCH3 is 1. The predicted octanol–water partition coefficient (Wildman–Crippen LogP) is 3.00. The van der Waals surface area contributed by atoms with Crippen molar-refractivity contribution in [3.05, 3.63) is 11.3 Å². The molecule has 11 heteroatoms. The molecule has 0 aromatic carbocycles. The monoisotopic (exact) mass is 328 g/mol. The lowest BCUT2D eigenvalue weighted by atomic mass is 9.84. The van der Waals surface area contributed by atoms with Crippen LogP contribution < -0.4 is 0 Å². The first kappa shape index (κ1) is 17.5. The van der Waals surface area contributed by atoms with Crippen molar-refractivity contribution in [1.82, 2.24) is 0 Å². The zero-order valence-electron chi connectivity index (χ0n) is 10.5. The van der Waals surface area contributed by atoms with Crippen molar-refractivity contribution >= 4 is 5.97 Å². The summed E-state index contributed by atoms with van der Waals surface area (Å²) in [5.74, 6) is -29.6. The van der Waals surface area contributed by atoms with Crippen molar-refractivity contribution in [1.29, 1.82) is 0 Å². The second-order valence-corrected chi connectivity index (χ2v) is 3.93. The first-order chi connectivity index (χ1) is 9.30. The summed E-state index contributed by atoms with van der Waals surface area (Å²) in [7, 11) is 0.262. The number of ether oxygens (including phenoxy) is 2. The fourth-order valence-corrected chi connectivity index (χ4v) is 1.65. The van der Waals surface area contributed by atoms with Crippen LogP contribution in [0.2, 0.25) is 0 Å². The van der Waals surface area contributed by atoms with E-state index in [2.05, 4.69) is 9.47 Å². The third kappa shape index (κ3) is 1.96. The summed E-state index contributed by atoms with van der Waals surface area (Å²) in [5, 5.41) is 0. The van der Waals surface area contributed by atoms with Crippen LogP contribution in [-0.2, 0) is 14.3 Å². The summed E-state index contributed by atoms with van der Waals surface area (Å²) in [6.07, 6.45) is 0. The fraction of sp³-hybridized carbons (Fsp3) is 0.700. The van der Waals surface area contributed by atoms with Crippen molar-refractivity contribution in [3.8, 4) is 0 Å². The molecule has 21 heavy (non-hydrogen) atoms. The number of esters is 1. The van der Waals surface area contributed by atoms with Crippen molar-refractivity contribution in [2.24, 2.45) is 0 Å². The van der Waals surface area contributed by atoms with E-state index in [1.807, 2.05) is 0 Å². The normalized spacial score (nSPS) is 25.4. The fourth-order valence-electron chi connectivity index (χ4n) is 1.65. The van der Waals surface area contributed by atoms with Crippen LogP contribution in [0.1, 0.15) is 6.92 Å². The van der Waals surface area contributed by atoms with E-state index in [9.17, 15) is 39.9 Å². The van der Waals surface area contributed by atoms with Gasteiger partial charge in [0.1, 0.15) is 0 Å². The number of carbonyl (C=O) groups is 1. The van der Waals surface area contributed by atoms with Crippen LogP contribution in [0, 0.1) is 0 Å². The van der Waals surface area contributed by atoms with Gasteiger partial charge in [-0.3, -0.25) is 0 Å². The number of hydrogen-bond acceptors (Lipinski definition) is 3. The Labute approximate surface area is 112 Å². The van der Waals surface area contributed by atoms with Gasteiger partial charge in [-0.15, -0.1) is 0 Å².